The smallest absolute Gasteiger partial charge is 0.235 e. The zero-order valence-corrected chi connectivity index (χ0v) is 20.0. The third kappa shape index (κ3) is 4.47. The van der Waals surface area contributed by atoms with Gasteiger partial charge in [-0.1, -0.05) is 0 Å². The van der Waals surface area contributed by atoms with E-state index in [4.69, 9.17) is 14.2 Å². The number of fused-ring (bicyclic) bond motifs is 2. The quantitative estimate of drug-likeness (QED) is 0.390. The lowest BCUT2D eigenvalue weighted by atomic mass is 10.1. The number of aryl methyl sites for hydroxylation is 1. The van der Waals surface area contributed by atoms with E-state index in [1.54, 1.807) is 13.2 Å². The molecule has 0 aliphatic carbocycles. The van der Waals surface area contributed by atoms with Crippen LogP contribution in [-0.4, -0.2) is 65.4 Å². The molecule has 3 heterocycles. The number of aromatic hydroxyl groups is 2. The predicted molar refractivity (Wildman–Crippen MR) is 132 cm³/mol. The van der Waals surface area contributed by atoms with Crippen molar-refractivity contribution in [2.45, 2.75) is 26.3 Å². The molecule has 2 aromatic carbocycles. The van der Waals surface area contributed by atoms with Crippen molar-refractivity contribution in [3.8, 4) is 23.0 Å². The molecule has 0 spiro atoms. The summed E-state index contributed by atoms with van der Waals surface area (Å²) in [7, 11) is 1.63. The number of phenolic OH excluding ortho intramolecular Hbond substituents is 2. The van der Waals surface area contributed by atoms with Crippen molar-refractivity contribution in [2.24, 2.45) is 0 Å². The number of carbonyl (C=O) groups excluding carboxylic acids is 1. The number of phenols is 2. The van der Waals surface area contributed by atoms with Crippen LogP contribution in [0.25, 0.3) is 17.0 Å². The molecular formula is C27H30N2O6. The molecule has 3 aromatic rings. The maximum Gasteiger partial charge on any atom is 0.235 e. The van der Waals surface area contributed by atoms with Gasteiger partial charge in [-0.15, -0.1) is 0 Å². The van der Waals surface area contributed by atoms with Gasteiger partial charge in [0.1, 0.15) is 28.6 Å². The molecule has 0 amide bonds. The summed E-state index contributed by atoms with van der Waals surface area (Å²) in [5.74, 6) is 0.121. The molecule has 184 valence electrons. The van der Waals surface area contributed by atoms with Crippen LogP contribution in [0.3, 0.4) is 0 Å². The summed E-state index contributed by atoms with van der Waals surface area (Å²) in [5.41, 5.74) is 3.01. The van der Waals surface area contributed by atoms with Crippen molar-refractivity contribution in [1.82, 2.24) is 9.47 Å². The Morgan fingerprint density at radius 3 is 2.63 bits per heavy atom. The van der Waals surface area contributed by atoms with Crippen molar-refractivity contribution >= 4 is 22.8 Å². The molecule has 0 saturated carbocycles. The highest BCUT2D eigenvalue weighted by molar-refractivity contribution is 6.17. The van der Waals surface area contributed by atoms with Gasteiger partial charge in [0.25, 0.3) is 0 Å². The molecule has 8 nitrogen and oxygen atoms in total. The third-order valence-electron chi connectivity index (χ3n) is 6.80. The van der Waals surface area contributed by atoms with Crippen LogP contribution in [0.15, 0.2) is 36.1 Å². The summed E-state index contributed by atoms with van der Waals surface area (Å²) in [4.78, 5) is 15.4. The van der Waals surface area contributed by atoms with Gasteiger partial charge in [-0.3, -0.25) is 9.69 Å². The standard InChI is InChI=1S/C27H30N2O6/c1-17-20(16-25-27(32)26-23(31)13-18(30)14-24(26)35-25)21-15-19(33-2)5-6-22(21)29(17)8-4-3-7-28-9-11-34-12-10-28/h5-6,13-16,30-31H,3-4,7-12H2,1-2H3. The van der Waals surface area contributed by atoms with Gasteiger partial charge in [-0.05, 0) is 50.6 Å². The molecule has 2 aliphatic heterocycles. The number of carbonyl (C=O) groups is 1. The molecule has 0 bridgehead atoms. The molecule has 2 N–H and O–H groups in total. The number of Topliss-reactive ketones (excluding diaryl/α,β-unsaturated/α-hetero) is 1. The molecule has 1 saturated heterocycles. The normalized spacial score (nSPS) is 17.2. The molecule has 2 aliphatic rings. The van der Waals surface area contributed by atoms with Gasteiger partial charge in [0.05, 0.1) is 20.3 Å². The fourth-order valence-corrected chi connectivity index (χ4v) is 4.92. The molecule has 0 unspecified atom stereocenters. The van der Waals surface area contributed by atoms with E-state index in [-0.39, 0.29) is 28.6 Å². The van der Waals surface area contributed by atoms with Gasteiger partial charge in [-0.25, -0.2) is 0 Å². The first-order valence-electron chi connectivity index (χ1n) is 11.9. The van der Waals surface area contributed by atoms with E-state index in [9.17, 15) is 15.0 Å². The van der Waals surface area contributed by atoms with Crippen LogP contribution in [0.4, 0.5) is 0 Å². The Kier molecular flexibility index (Phi) is 6.40. The second kappa shape index (κ2) is 9.64. The van der Waals surface area contributed by atoms with E-state index in [1.165, 1.54) is 6.07 Å². The SMILES string of the molecule is COc1ccc2c(c1)c(C=C1Oc3cc(O)cc(O)c3C1=O)c(C)n2CCCCN1CCOCC1. The number of methoxy groups -OCH3 is 1. The third-order valence-corrected chi connectivity index (χ3v) is 6.80. The van der Waals surface area contributed by atoms with Crippen LogP contribution in [0.5, 0.6) is 23.0 Å². The monoisotopic (exact) mass is 478 g/mol. The molecule has 35 heavy (non-hydrogen) atoms. The van der Waals surface area contributed by atoms with E-state index in [0.29, 0.717) is 0 Å². The largest absolute Gasteiger partial charge is 0.508 e. The maximum atomic E-state index is 13.0. The number of nitrogens with zero attached hydrogens (tertiary/aromatic N) is 2. The predicted octanol–water partition coefficient (Wildman–Crippen LogP) is 4.10. The fourth-order valence-electron chi connectivity index (χ4n) is 4.92. The second-order valence-corrected chi connectivity index (χ2v) is 8.97. The summed E-state index contributed by atoms with van der Waals surface area (Å²) in [6, 6.07) is 8.43. The van der Waals surface area contributed by atoms with E-state index in [2.05, 4.69) is 9.47 Å². The van der Waals surface area contributed by atoms with Crippen molar-refractivity contribution in [3.63, 3.8) is 0 Å². The molecule has 5 rings (SSSR count). The van der Waals surface area contributed by atoms with E-state index >= 15 is 0 Å². The lowest BCUT2D eigenvalue weighted by Gasteiger charge is -2.26. The zero-order valence-electron chi connectivity index (χ0n) is 20.0. The summed E-state index contributed by atoms with van der Waals surface area (Å²) in [5, 5.41) is 20.9. The molecular weight excluding hydrogens is 448 g/mol. The molecule has 8 heteroatoms. The van der Waals surface area contributed by atoms with Crippen molar-refractivity contribution in [3.05, 3.63) is 52.9 Å². The number of ketones is 1. The summed E-state index contributed by atoms with van der Waals surface area (Å²) >= 11 is 0. The van der Waals surface area contributed by atoms with Crippen molar-refractivity contribution < 1.29 is 29.2 Å². The highest BCUT2D eigenvalue weighted by Gasteiger charge is 2.32. The molecule has 1 aromatic heterocycles. The second-order valence-electron chi connectivity index (χ2n) is 8.97. The lowest BCUT2D eigenvalue weighted by Crippen LogP contribution is -2.36. The highest BCUT2D eigenvalue weighted by atomic mass is 16.5. The average molecular weight is 479 g/mol. The first kappa shape index (κ1) is 23.3. The Bertz CT molecular complexity index is 1300. The van der Waals surface area contributed by atoms with Crippen molar-refractivity contribution in [2.75, 3.05) is 40.0 Å². The van der Waals surface area contributed by atoms with Gasteiger partial charge < -0.3 is 29.0 Å². The molecule has 0 radical (unpaired) electrons. The summed E-state index contributed by atoms with van der Waals surface area (Å²) in [6.07, 6.45) is 3.84. The average Bonchev–Trinajstić information content (AvgIpc) is 3.30. The minimum absolute atomic E-state index is 0.0659. The number of allylic oxidation sites excluding steroid dienone is 1. The van der Waals surface area contributed by atoms with E-state index in [1.807, 2.05) is 25.1 Å². The van der Waals surface area contributed by atoms with E-state index in [0.717, 1.165) is 86.2 Å². The number of aromatic nitrogens is 1. The van der Waals surface area contributed by atoms with Gasteiger partial charge in [-0.2, -0.15) is 0 Å². The van der Waals surface area contributed by atoms with Crippen LogP contribution < -0.4 is 9.47 Å². The Morgan fingerprint density at radius 2 is 1.86 bits per heavy atom. The van der Waals surface area contributed by atoms with Crippen LogP contribution in [0.1, 0.15) is 34.5 Å². The Hall–Kier alpha value is -3.49. The first-order valence-corrected chi connectivity index (χ1v) is 11.9. The lowest BCUT2D eigenvalue weighted by molar-refractivity contribution is 0.0371. The number of hydrogen-bond donors (Lipinski definition) is 2. The number of morpholine rings is 1. The minimum Gasteiger partial charge on any atom is -0.508 e. The number of rotatable bonds is 7. The number of unbranched alkanes of at least 4 members (excludes halogenated alkanes) is 1. The van der Waals surface area contributed by atoms with Gasteiger partial charge in [0.2, 0.25) is 5.78 Å². The van der Waals surface area contributed by atoms with Crippen LogP contribution in [0.2, 0.25) is 0 Å². The van der Waals surface area contributed by atoms with Crippen molar-refractivity contribution in [1.29, 1.82) is 0 Å². The Balaban J connectivity index is 1.44. The fraction of sp³-hybridized carbons (Fsp3) is 0.370. The Morgan fingerprint density at radius 1 is 1.09 bits per heavy atom. The van der Waals surface area contributed by atoms with Crippen LogP contribution in [-0.2, 0) is 11.3 Å². The van der Waals surface area contributed by atoms with E-state index < -0.39 is 5.78 Å². The number of ether oxygens (including phenoxy) is 3. The maximum absolute atomic E-state index is 13.0. The first-order chi connectivity index (χ1) is 17.0. The van der Waals surface area contributed by atoms with Gasteiger partial charge in [0.15, 0.2) is 5.76 Å². The van der Waals surface area contributed by atoms with Gasteiger partial charge >= 0.3 is 0 Å². The number of hydrogen-bond acceptors (Lipinski definition) is 7. The highest BCUT2D eigenvalue weighted by Crippen LogP contribution is 2.41. The van der Waals surface area contributed by atoms with Crippen LogP contribution in [0, 0.1) is 6.92 Å². The van der Waals surface area contributed by atoms with Crippen LogP contribution >= 0.6 is 0 Å². The van der Waals surface area contributed by atoms with Gasteiger partial charge in [0, 0.05) is 53.9 Å². The topological polar surface area (TPSA) is 93.4 Å². The number of benzene rings is 2. The summed E-state index contributed by atoms with van der Waals surface area (Å²) in [6.45, 7) is 7.55. The molecule has 1 fully saturated rings. The molecule has 0 atom stereocenters. The minimum atomic E-state index is -0.411. The zero-order chi connectivity index (χ0) is 24.5. The Labute approximate surface area is 203 Å². The summed E-state index contributed by atoms with van der Waals surface area (Å²) < 4.78 is 18.9.